The van der Waals surface area contributed by atoms with Crippen LogP contribution in [0.3, 0.4) is 0 Å². The third-order valence-corrected chi connectivity index (χ3v) is 5.45. The first-order valence-corrected chi connectivity index (χ1v) is 9.48. The van der Waals surface area contributed by atoms with E-state index in [9.17, 15) is 8.42 Å². The van der Waals surface area contributed by atoms with Gasteiger partial charge in [0.05, 0.1) is 17.6 Å². The second kappa shape index (κ2) is 6.83. The van der Waals surface area contributed by atoms with Gasteiger partial charge in [-0.15, -0.1) is 0 Å². The number of hydrogen-bond donors (Lipinski definition) is 1. The van der Waals surface area contributed by atoms with Crippen molar-refractivity contribution in [3.63, 3.8) is 0 Å². The standard InChI is InChI=1S/C18H22N2O3S/c1-14-3-9-18(10-4-14)24(21,22)19-16-5-7-17(8-6-16)20-11-12-23-15(2)13-20/h3-10,15,19H,11-13H2,1-2H3. The maximum absolute atomic E-state index is 12.4. The van der Waals surface area contributed by atoms with Crippen molar-refractivity contribution in [3.05, 3.63) is 54.1 Å². The van der Waals surface area contributed by atoms with Crippen molar-refractivity contribution in [1.29, 1.82) is 0 Å². The molecule has 0 saturated carbocycles. The number of aryl methyl sites for hydroxylation is 1. The number of ether oxygens (including phenoxy) is 1. The van der Waals surface area contributed by atoms with Crippen molar-refractivity contribution in [2.24, 2.45) is 0 Å². The van der Waals surface area contributed by atoms with E-state index in [2.05, 4.69) is 16.5 Å². The number of anilines is 2. The van der Waals surface area contributed by atoms with E-state index >= 15 is 0 Å². The second-order valence-corrected chi connectivity index (χ2v) is 7.78. The van der Waals surface area contributed by atoms with Gasteiger partial charge in [-0.05, 0) is 50.2 Å². The van der Waals surface area contributed by atoms with Gasteiger partial charge in [-0.1, -0.05) is 17.7 Å². The first-order chi connectivity index (χ1) is 11.4. The van der Waals surface area contributed by atoms with Crippen LogP contribution in [0.25, 0.3) is 0 Å². The molecule has 3 rings (SSSR count). The molecule has 2 aromatic rings. The lowest BCUT2D eigenvalue weighted by Gasteiger charge is -2.33. The molecule has 2 aromatic carbocycles. The average Bonchev–Trinajstić information content (AvgIpc) is 2.55. The van der Waals surface area contributed by atoms with Gasteiger partial charge in [0.15, 0.2) is 0 Å². The molecule has 1 saturated heterocycles. The zero-order valence-electron chi connectivity index (χ0n) is 13.9. The molecule has 0 radical (unpaired) electrons. The Morgan fingerprint density at radius 3 is 2.38 bits per heavy atom. The summed E-state index contributed by atoms with van der Waals surface area (Å²) in [5.41, 5.74) is 2.65. The quantitative estimate of drug-likeness (QED) is 0.924. The van der Waals surface area contributed by atoms with Crippen LogP contribution in [-0.2, 0) is 14.8 Å². The van der Waals surface area contributed by atoms with Crippen molar-refractivity contribution in [1.82, 2.24) is 0 Å². The molecular formula is C18H22N2O3S. The van der Waals surface area contributed by atoms with Crippen LogP contribution in [0.1, 0.15) is 12.5 Å². The third-order valence-electron chi connectivity index (χ3n) is 4.06. The van der Waals surface area contributed by atoms with E-state index in [-0.39, 0.29) is 11.0 Å². The summed E-state index contributed by atoms with van der Waals surface area (Å²) in [4.78, 5) is 2.51. The monoisotopic (exact) mass is 346 g/mol. The van der Waals surface area contributed by atoms with E-state index in [4.69, 9.17) is 4.74 Å². The fourth-order valence-electron chi connectivity index (χ4n) is 2.72. The van der Waals surface area contributed by atoms with Gasteiger partial charge < -0.3 is 9.64 Å². The highest BCUT2D eigenvalue weighted by Crippen LogP contribution is 2.22. The van der Waals surface area contributed by atoms with Crippen LogP contribution in [0.15, 0.2) is 53.4 Å². The predicted molar refractivity (Wildman–Crippen MR) is 96.1 cm³/mol. The second-order valence-electron chi connectivity index (χ2n) is 6.09. The van der Waals surface area contributed by atoms with E-state index in [0.717, 1.165) is 24.3 Å². The van der Waals surface area contributed by atoms with Crippen LogP contribution >= 0.6 is 0 Å². The molecule has 5 nitrogen and oxygen atoms in total. The van der Waals surface area contributed by atoms with Crippen molar-refractivity contribution in [2.75, 3.05) is 29.3 Å². The third kappa shape index (κ3) is 3.88. The molecule has 128 valence electrons. The van der Waals surface area contributed by atoms with Gasteiger partial charge in [-0.25, -0.2) is 8.42 Å². The number of nitrogens with one attached hydrogen (secondary N) is 1. The number of benzene rings is 2. The van der Waals surface area contributed by atoms with Gasteiger partial charge in [-0.2, -0.15) is 0 Å². The van der Waals surface area contributed by atoms with Crippen LogP contribution in [0, 0.1) is 6.92 Å². The lowest BCUT2D eigenvalue weighted by Crippen LogP contribution is -2.41. The molecule has 0 bridgehead atoms. The molecule has 24 heavy (non-hydrogen) atoms. The smallest absolute Gasteiger partial charge is 0.261 e. The SMILES string of the molecule is Cc1ccc(S(=O)(=O)Nc2ccc(N3CCOC(C)C3)cc2)cc1. The Morgan fingerprint density at radius 2 is 1.75 bits per heavy atom. The first-order valence-electron chi connectivity index (χ1n) is 8.00. The normalized spacial score (nSPS) is 18.4. The highest BCUT2D eigenvalue weighted by Gasteiger charge is 2.17. The van der Waals surface area contributed by atoms with E-state index in [1.54, 1.807) is 36.4 Å². The molecule has 1 heterocycles. The lowest BCUT2D eigenvalue weighted by atomic mass is 10.2. The molecule has 0 amide bonds. The highest BCUT2D eigenvalue weighted by molar-refractivity contribution is 7.92. The van der Waals surface area contributed by atoms with Crippen LogP contribution in [0.4, 0.5) is 11.4 Å². The Labute approximate surface area is 143 Å². The van der Waals surface area contributed by atoms with Crippen molar-refractivity contribution >= 4 is 21.4 Å². The molecule has 1 N–H and O–H groups in total. The van der Waals surface area contributed by atoms with Crippen LogP contribution in [0.5, 0.6) is 0 Å². The van der Waals surface area contributed by atoms with Gasteiger partial charge in [-0.3, -0.25) is 4.72 Å². The number of hydrogen-bond acceptors (Lipinski definition) is 4. The summed E-state index contributed by atoms with van der Waals surface area (Å²) in [7, 11) is -3.56. The van der Waals surface area contributed by atoms with Crippen LogP contribution in [0.2, 0.25) is 0 Å². The number of sulfonamides is 1. The summed E-state index contributed by atoms with van der Waals surface area (Å²) in [6.45, 7) is 6.38. The van der Waals surface area contributed by atoms with E-state index < -0.39 is 10.0 Å². The Morgan fingerprint density at radius 1 is 1.08 bits per heavy atom. The summed E-state index contributed by atoms with van der Waals surface area (Å²) < 4.78 is 33.0. The topological polar surface area (TPSA) is 58.6 Å². The van der Waals surface area contributed by atoms with E-state index in [1.165, 1.54) is 0 Å². The zero-order chi connectivity index (χ0) is 17.2. The molecule has 1 aliphatic heterocycles. The summed E-state index contributed by atoms with van der Waals surface area (Å²) in [5.74, 6) is 0. The van der Waals surface area contributed by atoms with E-state index in [1.807, 2.05) is 19.1 Å². The summed E-state index contributed by atoms with van der Waals surface area (Å²) in [5, 5.41) is 0. The fourth-order valence-corrected chi connectivity index (χ4v) is 3.78. The minimum absolute atomic E-state index is 0.207. The average molecular weight is 346 g/mol. The largest absolute Gasteiger partial charge is 0.375 e. The molecule has 6 heteroatoms. The minimum atomic E-state index is -3.56. The van der Waals surface area contributed by atoms with Crippen molar-refractivity contribution < 1.29 is 13.2 Å². The Kier molecular flexibility index (Phi) is 4.78. The molecule has 0 aliphatic carbocycles. The molecule has 1 fully saturated rings. The highest BCUT2D eigenvalue weighted by atomic mass is 32.2. The molecular weight excluding hydrogens is 324 g/mol. The van der Waals surface area contributed by atoms with Gasteiger partial charge in [0.1, 0.15) is 0 Å². The fraction of sp³-hybridized carbons (Fsp3) is 0.333. The van der Waals surface area contributed by atoms with Gasteiger partial charge in [0.25, 0.3) is 10.0 Å². The number of rotatable bonds is 4. The molecule has 1 aliphatic rings. The van der Waals surface area contributed by atoms with Crippen molar-refractivity contribution in [2.45, 2.75) is 24.8 Å². The predicted octanol–water partition coefficient (Wildman–Crippen LogP) is 3.02. The molecule has 0 spiro atoms. The number of morpholine rings is 1. The van der Waals surface area contributed by atoms with Gasteiger partial charge in [0.2, 0.25) is 0 Å². The van der Waals surface area contributed by atoms with Crippen molar-refractivity contribution in [3.8, 4) is 0 Å². The molecule has 1 unspecified atom stereocenters. The summed E-state index contributed by atoms with van der Waals surface area (Å²) >= 11 is 0. The maximum Gasteiger partial charge on any atom is 0.261 e. The van der Waals surface area contributed by atoms with E-state index in [0.29, 0.717) is 12.3 Å². The van der Waals surface area contributed by atoms with Crippen LogP contribution in [-0.4, -0.2) is 34.2 Å². The lowest BCUT2D eigenvalue weighted by molar-refractivity contribution is 0.0532. The van der Waals surface area contributed by atoms with Crippen LogP contribution < -0.4 is 9.62 Å². The van der Waals surface area contributed by atoms with Gasteiger partial charge in [0, 0.05) is 24.5 Å². The first kappa shape index (κ1) is 16.8. The van der Waals surface area contributed by atoms with Gasteiger partial charge >= 0.3 is 0 Å². The summed E-state index contributed by atoms with van der Waals surface area (Å²) in [6, 6.07) is 14.3. The minimum Gasteiger partial charge on any atom is -0.375 e. The molecule has 0 aromatic heterocycles. The Balaban J connectivity index is 1.72. The number of nitrogens with zero attached hydrogens (tertiary/aromatic N) is 1. The Hall–Kier alpha value is -2.05. The maximum atomic E-state index is 12.4. The molecule has 1 atom stereocenters. The Bertz CT molecular complexity index is 786. The summed E-state index contributed by atoms with van der Waals surface area (Å²) in [6.07, 6.45) is 0.207. The zero-order valence-corrected chi connectivity index (χ0v) is 14.7.